The maximum absolute atomic E-state index is 11.7. The number of Topliss-reactive ketones (excluding diaryl/α,β-unsaturated/α-hetero) is 1. The highest BCUT2D eigenvalue weighted by atomic mass is 32.2. The maximum atomic E-state index is 11.7. The van der Waals surface area contributed by atoms with Crippen LogP contribution >= 0.6 is 0 Å². The second kappa shape index (κ2) is 5.25. The number of sulfone groups is 1. The van der Waals surface area contributed by atoms with Crippen LogP contribution in [-0.2, 0) is 20.4 Å². The number of ketones is 1. The van der Waals surface area contributed by atoms with Gasteiger partial charge in [0.1, 0.15) is 5.78 Å². The van der Waals surface area contributed by atoms with Gasteiger partial charge in [-0.15, -0.1) is 0 Å². The molecule has 88 valence electrons. The van der Waals surface area contributed by atoms with Gasteiger partial charge in [-0.25, -0.2) is 8.42 Å². The zero-order valence-electron chi connectivity index (χ0n) is 9.56. The van der Waals surface area contributed by atoms with Crippen LogP contribution in [0.2, 0.25) is 0 Å². The van der Waals surface area contributed by atoms with Gasteiger partial charge in [0.15, 0.2) is 9.84 Å². The van der Waals surface area contributed by atoms with E-state index in [1.807, 2.05) is 25.1 Å². The summed E-state index contributed by atoms with van der Waals surface area (Å²) in [6, 6.07) is 7.40. The fourth-order valence-corrected chi connectivity index (χ4v) is 2.86. The Morgan fingerprint density at radius 2 is 2.00 bits per heavy atom. The van der Waals surface area contributed by atoms with Gasteiger partial charge in [-0.3, -0.25) is 4.79 Å². The van der Waals surface area contributed by atoms with Gasteiger partial charge in [0, 0.05) is 6.42 Å². The number of hydrogen-bond acceptors (Lipinski definition) is 3. The van der Waals surface area contributed by atoms with Crippen molar-refractivity contribution in [1.29, 1.82) is 0 Å². The normalized spacial score (nSPS) is 11.4. The lowest BCUT2D eigenvalue weighted by Gasteiger charge is -2.04. The third-order valence-electron chi connectivity index (χ3n) is 2.23. The highest BCUT2D eigenvalue weighted by Gasteiger charge is 2.12. The molecule has 1 aromatic carbocycles. The molecule has 0 saturated carbocycles. The van der Waals surface area contributed by atoms with Crippen LogP contribution in [0.3, 0.4) is 0 Å². The Morgan fingerprint density at radius 3 is 2.56 bits per heavy atom. The van der Waals surface area contributed by atoms with E-state index in [0.717, 1.165) is 11.1 Å². The van der Waals surface area contributed by atoms with Crippen molar-refractivity contribution in [3.05, 3.63) is 35.4 Å². The third-order valence-corrected chi connectivity index (χ3v) is 3.83. The molecule has 1 rings (SSSR count). The highest BCUT2D eigenvalue weighted by Crippen LogP contribution is 2.09. The molecule has 0 aliphatic carbocycles. The Bertz CT molecular complexity index is 475. The molecule has 0 fully saturated rings. The number of rotatable bonds is 5. The van der Waals surface area contributed by atoms with Crippen molar-refractivity contribution in [2.45, 2.75) is 26.0 Å². The molecule has 0 saturated heterocycles. The fraction of sp³-hybridized carbons (Fsp3) is 0.417. The molecule has 0 aliphatic heterocycles. The number of carbonyl (C=O) groups is 1. The third kappa shape index (κ3) is 4.57. The number of aryl methyl sites for hydroxylation is 1. The van der Waals surface area contributed by atoms with Crippen LogP contribution in [0.4, 0.5) is 0 Å². The Balaban J connectivity index is 2.69. The lowest BCUT2D eigenvalue weighted by molar-refractivity contribution is -0.116. The lowest BCUT2D eigenvalue weighted by atomic mass is 10.2. The van der Waals surface area contributed by atoms with Gasteiger partial charge in [0.05, 0.1) is 11.5 Å². The largest absolute Gasteiger partial charge is 0.300 e. The Kier molecular flexibility index (Phi) is 4.24. The molecule has 0 bridgehead atoms. The van der Waals surface area contributed by atoms with Crippen LogP contribution in [-0.4, -0.2) is 20.0 Å². The molecule has 0 spiro atoms. The molecule has 0 unspecified atom stereocenters. The highest BCUT2D eigenvalue weighted by molar-refractivity contribution is 7.90. The minimum Gasteiger partial charge on any atom is -0.300 e. The van der Waals surface area contributed by atoms with Crippen molar-refractivity contribution in [1.82, 2.24) is 0 Å². The number of hydrogen-bond donors (Lipinski definition) is 0. The summed E-state index contributed by atoms with van der Waals surface area (Å²) < 4.78 is 23.3. The van der Waals surface area contributed by atoms with Gasteiger partial charge in [-0.1, -0.05) is 29.8 Å². The first-order chi connectivity index (χ1) is 7.39. The first kappa shape index (κ1) is 12.9. The molecular weight excluding hydrogens is 224 g/mol. The molecule has 0 heterocycles. The van der Waals surface area contributed by atoms with Crippen LogP contribution in [0.1, 0.15) is 24.5 Å². The molecule has 3 nitrogen and oxygen atoms in total. The summed E-state index contributed by atoms with van der Waals surface area (Å²) in [6.45, 7) is 3.33. The monoisotopic (exact) mass is 240 g/mol. The van der Waals surface area contributed by atoms with E-state index in [0.29, 0.717) is 0 Å². The Morgan fingerprint density at radius 1 is 1.31 bits per heavy atom. The fourth-order valence-electron chi connectivity index (χ4n) is 1.43. The average Bonchev–Trinajstić information content (AvgIpc) is 2.14. The molecule has 16 heavy (non-hydrogen) atoms. The summed E-state index contributed by atoms with van der Waals surface area (Å²) in [5.41, 5.74) is 1.82. The minimum atomic E-state index is -3.17. The summed E-state index contributed by atoms with van der Waals surface area (Å²) in [6.07, 6.45) is 0.105. The van der Waals surface area contributed by atoms with E-state index in [1.165, 1.54) is 6.92 Å². The quantitative estimate of drug-likeness (QED) is 0.789. The van der Waals surface area contributed by atoms with Crippen molar-refractivity contribution in [2.75, 3.05) is 5.75 Å². The first-order valence-electron chi connectivity index (χ1n) is 5.14. The summed E-state index contributed by atoms with van der Waals surface area (Å²) in [5.74, 6) is -0.133. The zero-order valence-corrected chi connectivity index (χ0v) is 10.4. The van der Waals surface area contributed by atoms with Gasteiger partial charge in [0.2, 0.25) is 0 Å². The van der Waals surface area contributed by atoms with Crippen molar-refractivity contribution >= 4 is 15.6 Å². The van der Waals surface area contributed by atoms with Crippen LogP contribution in [0, 0.1) is 6.92 Å². The van der Waals surface area contributed by atoms with Gasteiger partial charge >= 0.3 is 0 Å². The van der Waals surface area contributed by atoms with E-state index < -0.39 is 9.84 Å². The van der Waals surface area contributed by atoms with Gasteiger partial charge in [-0.2, -0.15) is 0 Å². The lowest BCUT2D eigenvalue weighted by Crippen LogP contribution is -2.11. The van der Waals surface area contributed by atoms with Crippen LogP contribution in [0.15, 0.2) is 24.3 Å². The molecule has 1 aromatic rings. The molecule has 0 N–H and O–H groups in total. The smallest absolute Gasteiger partial charge is 0.154 e. The second-order valence-electron chi connectivity index (χ2n) is 4.03. The zero-order chi connectivity index (χ0) is 12.2. The molecule has 4 heteroatoms. The molecule has 0 aliphatic rings. The predicted octanol–water partition coefficient (Wildman–Crippen LogP) is 1.89. The predicted molar refractivity (Wildman–Crippen MR) is 64.0 cm³/mol. The standard InChI is InChI=1S/C12H16O3S/c1-10-4-3-5-12(8-10)9-16(14,15)7-6-11(2)13/h3-5,8H,6-7,9H2,1-2H3. The van der Waals surface area contributed by atoms with Gasteiger partial charge in [0.25, 0.3) is 0 Å². The summed E-state index contributed by atoms with van der Waals surface area (Å²) in [4.78, 5) is 10.7. The number of carbonyl (C=O) groups excluding carboxylic acids is 1. The Hall–Kier alpha value is -1.16. The first-order valence-corrected chi connectivity index (χ1v) is 6.96. The topological polar surface area (TPSA) is 51.2 Å². The van der Waals surface area contributed by atoms with Crippen molar-refractivity contribution in [3.8, 4) is 0 Å². The van der Waals surface area contributed by atoms with Gasteiger partial charge < -0.3 is 0 Å². The number of benzene rings is 1. The van der Waals surface area contributed by atoms with Crippen molar-refractivity contribution < 1.29 is 13.2 Å². The van der Waals surface area contributed by atoms with Crippen molar-refractivity contribution in [2.24, 2.45) is 0 Å². The second-order valence-corrected chi connectivity index (χ2v) is 6.22. The molecule has 0 atom stereocenters. The average molecular weight is 240 g/mol. The molecular formula is C12H16O3S. The van der Waals surface area contributed by atoms with Crippen molar-refractivity contribution in [3.63, 3.8) is 0 Å². The van der Waals surface area contributed by atoms with E-state index in [4.69, 9.17) is 0 Å². The molecule has 0 aromatic heterocycles. The summed E-state index contributed by atoms with van der Waals surface area (Å²) in [7, 11) is -3.17. The SMILES string of the molecule is CC(=O)CCS(=O)(=O)Cc1cccc(C)c1. The van der Waals surface area contributed by atoms with Gasteiger partial charge in [-0.05, 0) is 19.4 Å². The molecule has 0 radical (unpaired) electrons. The minimum absolute atomic E-state index is 0.0158. The van der Waals surface area contributed by atoms with E-state index in [9.17, 15) is 13.2 Å². The summed E-state index contributed by atoms with van der Waals surface area (Å²) in [5, 5.41) is 0. The van der Waals surface area contributed by atoms with E-state index in [-0.39, 0.29) is 23.7 Å². The van der Waals surface area contributed by atoms with Crippen LogP contribution < -0.4 is 0 Å². The molecule has 0 amide bonds. The van der Waals surface area contributed by atoms with E-state index in [1.54, 1.807) is 6.07 Å². The van der Waals surface area contributed by atoms with Crippen LogP contribution in [0.25, 0.3) is 0 Å². The van der Waals surface area contributed by atoms with E-state index in [2.05, 4.69) is 0 Å². The van der Waals surface area contributed by atoms with E-state index >= 15 is 0 Å². The summed E-state index contributed by atoms with van der Waals surface area (Å²) >= 11 is 0. The maximum Gasteiger partial charge on any atom is 0.154 e. The van der Waals surface area contributed by atoms with Crippen LogP contribution in [0.5, 0.6) is 0 Å². The Labute approximate surface area is 96.4 Å².